The van der Waals surface area contributed by atoms with Crippen LogP contribution in [0.5, 0.6) is 0 Å². The summed E-state index contributed by atoms with van der Waals surface area (Å²) in [7, 11) is 0. The highest BCUT2D eigenvalue weighted by Gasteiger charge is 2.59. The SMILES string of the molecule is CCCCCCCCC1(C)C(C)C1C(CC)CC. The van der Waals surface area contributed by atoms with Crippen molar-refractivity contribution in [2.24, 2.45) is 23.2 Å². The Labute approximate surface area is 116 Å². The Bertz CT molecular complexity index is 216. The Hall–Kier alpha value is 0. The lowest BCUT2D eigenvalue weighted by Gasteiger charge is -2.17. The van der Waals surface area contributed by atoms with Crippen molar-refractivity contribution in [3.05, 3.63) is 0 Å². The van der Waals surface area contributed by atoms with Crippen LogP contribution in [0.4, 0.5) is 0 Å². The smallest absolute Gasteiger partial charge is 0.0264 e. The Morgan fingerprint density at radius 2 is 1.44 bits per heavy atom. The fraction of sp³-hybridized carbons (Fsp3) is 1.00. The van der Waals surface area contributed by atoms with Gasteiger partial charge in [-0.2, -0.15) is 0 Å². The zero-order valence-electron chi connectivity index (χ0n) is 13.6. The van der Waals surface area contributed by atoms with Crippen LogP contribution in [0.15, 0.2) is 0 Å². The first kappa shape index (κ1) is 16.1. The molecule has 0 heterocycles. The van der Waals surface area contributed by atoms with Crippen LogP contribution in [0.2, 0.25) is 0 Å². The highest BCUT2D eigenvalue weighted by atomic mass is 14.6. The third-order valence-corrected chi connectivity index (χ3v) is 5.86. The first-order valence-electron chi connectivity index (χ1n) is 8.61. The van der Waals surface area contributed by atoms with Crippen LogP contribution in [0.25, 0.3) is 0 Å². The van der Waals surface area contributed by atoms with E-state index in [9.17, 15) is 0 Å². The predicted octanol–water partition coefficient (Wildman–Crippen LogP) is 6.45. The molecule has 0 bridgehead atoms. The maximum Gasteiger partial charge on any atom is -0.0264 e. The zero-order chi connectivity index (χ0) is 13.6. The normalized spacial score (nSPS) is 31.0. The number of rotatable bonds is 10. The second-order valence-corrected chi connectivity index (χ2v) is 6.91. The summed E-state index contributed by atoms with van der Waals surface area (Å²) in [5, 5.41) is 0. The standard InChI is InChI=1S/C18H36/c1-6-9-10-11-12-13-14-18(5)15(4)17(18)16(7-2)8-3/h15-17H,6-14H2,1-5H3. The summed E-state index contributed by atoms with van der Waals surface area (Å²) >= 11 is 0. The van der Waals surface area contributed by atoms with Crippen molar-refractivity contribution in [3.8, 4) is 0 Å². The molecule has 1 rings (SSSR count). The Kier molecular flexibility index (Phi) is 6.74. The van der Waals surface area contributed by atoms with Crippen molar-refractivity contribution in [3.63, 3.8) is 0 Å². The van der Waals surface area contributed by atoms with Crippen LogP contribution in [0.1, 0.15) is 92.4 Å². The maximum atomic E-state index is 2.56. The van der Waals surface area contributed by atoms with Gasteiger partial charge in [-0.05, 0) is 29.6 Å². The molecule has 0 nitrogen and oxygen atoms in total. The Morgan fingerprint density at radius 3 is 2.00 bits per heavy atom. The lowest BCUT2D eigenvalue weighted by Crippen LogP contribution is -2.07. The Morgan fingerprint density at radius 1 is 0.889 bits per heavy atom. The minimum Gasteiger partial charge on any atom is -0.0654 e. The minimum absolute atomic E-state index is 0.696. The largest absolute Gasteiger partial charge is 0.0654 e. The zero-order valence-corrected chi connectivity index (χ0v) is 13.6. The van der Waals surface area contributed by atoms with Crippen molar-refractivity contribution in [1.82, 2.24) is 0 Å². The molecule has 108 valence electrons. The molecular weight excluding hydrogens is 216 g/mol. The van der Waals surface area contributed by atoms with Crippen LogP contribution >= 0.6 is 0 Å². The number of hydrogen-bond acceptors (Lipinski definition) is 0. The monoisotopic (exact) mass is 252 g/mol. The van der Waals surface area contributed by atoms with Crippen LogP contribution in [-0.4, -0.2) is 0 Å². The lowest BCUT2D eigenvalue weighted by atomic mass is 9.88. The van der Waals surface area contributed by atoms with Gasteiger partial charge >= 0.3 is 0 Å². The van der Waals surface area contributed by atoms with Crippen LogP contribution < -0.4 is 0 Å². The lowest BCUT2D eigenvalue weighted by molar-refractivity contribution is 0.334. The van der Waals surface area contributed by atoms with E-state index in [0.717, 1.165) is 17.8 Å². The minimum atomic E-state index is 0.696. The summed E-state index contributed by atoms with van der Waals surface area (Å²) < 4.78 is 0. The quantitative estimate of drug-likeness (QED) is 0.392. The van der Waals surface area contributed by atoms with Gasteiger partial charge in [0.15, 0.2) is 0 Å². The van der Waals surface area contributed by atoms with Gasteiger partial charge in [0, 0.05) is 0 Å². The van der Waals surface area contributed by atoms with E-state index in [1.54, 1.807) is 0 Å². The van der Waals surface area contributed by atoms with E-state index >= 15 is 0 Å². The molecule has 0 heteroatoms. The van der Waals surface area contributed by atoms with E-state index in [1.165, 1.54) is 57.8 Å². The molecule has 0 aromatic rings. The van der Waals surface area contributed by atoms with E-state index in [-0.39, 0.29) is 0 Å². The molecule has 0 aliphatic heterocycles. The second kappa shape index (κ2) is 7.56. The highest BCUT2D eigenvalue weighted by Crippen LogP contribution is 2.65. The van der Waals surface area contributed by atoms with Crippen LogP contribution in [-0.2, 0) is 0 Å². The van der Waals surface area contributed by atoms with Crippen molar-refractivity contribution >= 4 is 0 Å². The maximum absolute atomic E-state index is 2.56. The van der Waals surface area contributed by atoms with Gasteiger partial charge in [-0.15, -0.1) is 0 Å². The van der Waals surface area contributed by atoms with E-state index < -0.39 is 0 Å². The van der Waals surface area contributed by atoms with Gasteiger partial charge in [-0.1, -0.05) is 86.0 Å². The molecule has 0 radical (unpaired) electrons. The van der Waals surface area contributed by atoms with E-state index in [1.807, 2.05) is 0 Å². The van der Waals surface area contributed by atoms with Gasteiger partial charge in [0.05, 0.1) is 0 Å². The molecule has 3 atom stereocenters. The summed E-state index contributed by atoms with van der Waals surface area (Å²) in [4.78, 5) is 0. The van der Waals surface area contributed by atoms with Gasteiger partial charge in [-0.3, -0.25) is 0 Å². The first-order valence-corrected chi connectivity index (χ1v) is 8.61. The van der Waals surface area contributed by atoms with E-state index in [4.69, 9.17) is 0 Å². The molecule has 3 unspecified atom stereocenters. The van der Waals surface area contributed by atoms with Crippen molar-refractivity contribution in [2.45, 2.75) is 92.4 Å². The molecule has 1 aliphatic carbocycles. The first-order chi connectivity index (χ1) is 8.61. The molecule has 0 aromatic carbocycles. The second-order valence-electron chi connectivity index (χ2n) is 6.91. The number of unbranched alkanes of at least 4 members (excludes halogenated alkanes) is 5. The molecule has 1 aliphatic rings. The predicted molar refractivity (Wildman–Crippen MR) is 82.8 cm³/mol. The average molecular weight is 252 g/mol. The molecular formula is C18H36. The summed E-state index contributed by atoms with van der Waals surface area (Å²) in [5.74, 6) is 3.01. The fourth-order valence-electron chi connectivity index (χ4n) is 4.26. The summed E-state index contributed by atoms with van der Waals surface area (Å²) in [5.41, 5.74) is 0.696. The molecule has 18 heavy (non-hydrogen) atoms. The molecule has 0 spiro atoms. The van der Waals surface area contributed by atoms with Gasteiger partial charge in [0.2, 0.25) is 0 Å². The molecule has 1 fully saturated rings. The van der Waals surface area contributed by atoms with Gasteiger partial charge in [0.1, 0.15) is 0 Å². The molecule has 0 aromatic heterocycles. The molecule has 0 N–H and O–H groups in total. The van der Waals surface area contributed by atoms with Crippen LogP contribution in [0, 0.1) is 23.2 Å². The van der Waals surface area contributed by atoms with Gasteiger partial charge < -0.3 is 0 Å². The average Bonchev–Trinajstić information content (AvgIpc) is 2.89. The fourth-order valence-corrected chi connectivity index (χ4v) is 4.26. The molecule has 1 saturated carbocycles. The van der Waals surface area contributed by atoms with Crippen molar-refractivity contribution in [2.75, 3.05) is 0 Å². The number of hydrogen-bond donors (Lipinski definition) is 0. The van der Waals surface area contributed by atoms with E-state index in [2.05, 4.69) is 34.6 Å². The van der Waals surface area contributed by atoms with Crippen molar-refractivity contribution < 1.29 is 0 Å². The third-order valence-electron chi connectivity index (χ3n) is 5.86. The molecule has 0 saturated heterocycles. The van der Waals surface area contributed by atoms with Crippen LogP contribution in [0.3, 0.4) is 0 Å². The summed E-state index contributed by atoms with van der Waals surface area (Å²) in [6.45, 7) is 12.1. The summed E-state index contributed by atoms with van der Waals surface area (Å²) in [6.07, 6.45) is 12.9. The Balaban J connectivity index is 2.21. The summed E-state index contributed by atoms with van der Waals surface area (Å²) in [6, 6.07) is 0. The third kappa shape index (κ3) is 3.75. The van der Waals surface area contributed by atoms with Crippen molar-refractivity contribution in [1.29, 1.82) is 0 Å². The van der Waals surface area contributed by atoms with Gasteiger partial charge in [-0.25, -0.2) is 0 Å². The van der Waals surface area contributed by atoms with Gasteiger partial charge in [0.25, 0.3) is 0 Å². The molecule has 0 amide bonds. The topological polar surface area (TPSA) is 0 Å². The van der Waals surface area contributed by atoms with E-state index in [0.29, 0.717) is 5.41 Å². The highest BCUT2D eigenvalue weighted by molar-refractivity contribution is 5.07.